The van der Waals surface area contributed by atoms with Gasteiger partial charge in [-0.3, -0.25) is 4.79 Å². The molecule has 0 bridgehead atoms. The monoisotopic (exact) mass is 387 g/mol. The highest BCUT2D eigenvalue weighted by Gasteiger charge is 2.64. The summed E-state index contributed by atoms with van der Waals surface area (Å²) < 4.78 is 0. The van der Waals surface area contributed by atoms with E-state index in [1.54, 1.807) is 0 Å². The fourth-order valence-electron chi connectivity index (χ4n) is 4.56. The lowest BCUT2D eigenvalue weighted by Gasteiger charge is -2.36. The molecule has 2 aromatic rings. The van der Waals surface area contributed by atoms with E-state index < -0.39 is 28.8 Å². The summed E-state index contributed by atoms with van der Waals surface area (Å²) in [5.74, 6) is -0.466. The third-order valence-corrected chi connectivity index (χ3v) is 6.56. The zero-order chi connectivity index (χ0) is 20.1. The third kappa shape index (κ3) is 2.44. The van der Waals surface area contributed by atoms with Crippen molar-refractivity contribution in [1.82, 2.24) is 4.90 Å². The number of carbonyl (C=O) groups is 1. The van der Waals surface area contributed by atoms with Crippen molar-refractivity contribution in [2.24, 2.45) is 10.8 Å². The normalized spacial score (nSPS) is 24.8. The zero-order valence-electron chi connectivity index (χ0n) is 16.1. The minimum atomic E-state index is -1.35. The van der Waals surface area contributed by atoms with Gasteiger partial charge in [-0.25, -0.2) is 0 Å². The minimum Gasteiger partial charge on any atom is -0.357 e. The molecule has 2 aliphatic rings. The minimum absolute atomic E-state index is 0.0464. The molecule has 0 amide bonds. The van der Waals surface area contributed by atoms with Gasteiger partial charge in [-0.05, 0) is 39.6 Å². The van der Waals surface area contributed by atoms with E-state index in [1.807, 2.05) is 79.0 Å². The molecular weight excluding hydrogens is 366 g/mol. The van der Waals surface area contributed by atoms with Crippen molar-refractivity contribution in [2.45, 2.75) is 38.8 Å². The van der Waals surface area contributed by atoms with Gasteiger partial charge in [0.15, 0.2) is 11.2 Å². The first-order valence-electron chi connectivity index (χ1n) is 9.28. The third-order valence-electron chi connectivity index (χ3n) is 5.85. The SMILES string of the molecule is CC(C)(C)C(=O)[C@@H]1[C@@H](c2ccsc2)C(C#N)(C#N)[C@@H]2c3ccccc3C=CN12. The molecule has 1 fully saturated rings. The molecule has 4 nitrogen and oxygen atoms in total. The van der Waals surface area contributed by atoms with Gasteiger partial charge in [-0.15, -0.1) is 0 Å². The van der Waals surface area contributed by atoms with E-state index in [-0.39, 0.29) is 5.78 Å². The van der Waals surface area contributed by atoms with Crippen molar-refractivity contribution in [3.8, 4) is 12.1 Å². The zero-order valence-corrected chi connectivity index (χ0v) is 16.9. The number of hydrogen-bond acceptors (Lipinski definition) is 5. The molecule has 0 unspecified atom stereocenters. The molecule has 28 heavy (non-hydrogen) atoms. The van der Waals surface area contributed by atoms with Gasteiger partial charge in [0.1, 0.15) is 0 Å². The highest BCUT2D eigenvalue weighted by molar-refractivity contribution is 7.08. The predicted octanol–water partition coefficient (Wildman–Crippen LogP) is 4.89. The molecule has 0 aliphatic carbocycles. The van der Waals surface area contributed by atoms with Gasteiger partial charge >= 0.3 is 0 Å². The van der Waals surface area contributed by atoms with Crippen LogP contribution >= 0.6 is 11.3 Å². The lowest BCUT2D eigenvalue weighted by atomic mass is 9.67. The van der Waals surface area contributed by atoms with E-state index >= 15 is 0 Å². The van der Waals surface area contributed by atoms with Crippen molar-refractivity contribution in [1.29, 1.82) is 10.5 Å². The molecule has 1 saturated heterocycles. The van der Waals surface area contributed by atoms with E-state index in [0.29, 0.717) is 0 Å². The first-order chi connectivity index (χ1) is 13.3. The number of fused-ring (bicyclic) bond motifs is 3. The van der Waals surface area contributed by atoms with Crippen LogP contribution in [-0.4, -0.2) is 16.7 Å². The first kappa shape index (κ1) is 18.5. The van der Waals surface area contributed by atoms with Gasteiger partial charge < -0.3 is 4.90 Å². The molecule has 0 radical (unpaired) electrons. The largest absolute Gasteiger partial charge is 0.357 e. The lowest BCUT2D eigenvalue weighted by molar-refractivity contribution is -0.130. The molecule has 1 aromatic heterocycles. The number of thiophene rings is 1. The summed E-state index contributed by atoms with van der Waals surface area (Å²) in [5.41, 5.74) is 0.864. The summed E-state index contributed by atoms with van der Waals surface area (Å²) in [7, 11) is 0. The molecule has 4 rings (SSSR count). The smallest absolute Gasteiger partial charge is 0.177 e. The summed E-state index contributed by atoms with van der Waals surface area (Å²) in [5, 5.41) is 24.5. The van der Waals surface area contributed by atoms with Gasteiger partial charge in [0.05, 0.1) is 24.2 Å². The Hall–Kier alpha value is -2.89. The van der Waals surface area contributed by atoms with Crippen molar-refractivity contribution in [3.05, 3.63) is 64.0 Å². The van der Waals surface area contributed by atoms with Crippen LogP contribution in [0.1, 0.15) is 49.4 Å². The second-order valence-electron chi connectivity index (χ2n) is 8.48. The molecule has 140 valence electrons. The first-order valence-corrected chi connectivity index (χ1v) is 10.2. The lowest BCUT2D eigenvalue weighted by Crippen LogP contribution is -2.43. The van der Waals surface area contributed by atoms with Gasteiger partial charge in [0.25, 0.3) is 0 Å². The predicted molar refractivity (Wildman–Crippen MR) is 109 cm³/mol. The molecule has 3 atom stereocenters. The van der Waals surface area contributed by atoms with Crippen molar-refractivity contribution in [3.63, 3.8) is 0 Å². The topological polar surface area (TPSA) is 67.9 Å². The Labute approximate surface area is 169 Å². The number of nitrogens with zero attached hydrogens (tertiary/aromatic N) is 3. The Morgan fingerprint density at radius 3 is 2.50 bits per heavy atom. The number of rotatable bonds is 2. The van der Waals surface area contributed by atoms with Gasteiger partial charge in [0, 0.05) is 17.5 Å². The number of carbonyl (C=O) groups excluding carboxylic acids is 1. The quantitative estimate of drug-likeness (QED) is 0.736. The van der Waals surface area contributed by atoms with E-state index in [0.717, 1.165) is 16.7 Å². The van der Waals surface area contributed by atoms with Crippen LogP contribution in [0.5, 0.6) is 0 Å². The fourth-order valence-corrected chi connectivity index (χ4v) is 5.26. The van der Waals surface area contributed by atoms with Gasteiger partial charge in [-0.1, -0.05) is 45.0 Å². The summed E-state index contributed by atoms with van der Waals surface area (Å²) >= 11 is 1.52. The van der Waals surface area contributed by atoms with Gasteiger partial charge in [-0.2, -0.15) is 21.9 Å². The van der Waals surface area contributed by atoms with E-state index in [4.69, 9.17) is 0 Å². The van der Waals surface area contributed by atoms with Crippen molar-refractivity contribution >= 4 is 23.2 Å². The molecular formula is C23H21N3OS. The summed E-state index contributed by atoms with van der Waals surface area (Å²) in [6, 6.07) is 13.4. The molecule has 3 heterocycles. The molecule has 5 heteroatoms. The molecule has 0 N–H and O–H groups in total. The maximum atomic E-state index is 13.6. The van der Waals surface area contributed by atoms with Crippen LogP contribution in [0.2, 0.25) is 0 Å². The Bertz CT molecular complexity index is 1020. The molecule has 2 aliphatic heterocycles. The fraction of sp³-hybridized carbons (Fsp3) is 0.348. The Balaban J connectivity index is 2.01. The Morgan fingerprint density at radius 2 is 1.89 bits per heavy atom. The molecule has 1 aromatic carbocycles. The van der Waals surface area contributed by atoms with Crippen molar-refractivity contribution in [2.75, 3.05) is 0 Å². The van der Waals surface area contributed by atoms with Crippen LogP contribution in [0.3, 0.4) is 0 Å². The van der Waals surface area contributed by atoms with E-state index in [1.165, 1.54) is 11.3 Å². The summed E-state index contributed by atoms with van der Waals surface area (Å²) in [6.07, 6.45) is 3.88. The average molecular weight is 388 g/mol. The average Bonchev–Trinajstić information content (AvgIpc) is 3.30. The van der Waals surface area contributed by atoms with Crippen molar-refractivity contribution < 1.29 is 4.79 Å². The van der Waals surface area contributed by atoms with Crippen LogP contribution < -0.4 is 0 Å². The number of ketones is 1. The van der Waals surface area contributed by atoms with Crippen LogP contribution in [0.25, 0.3) is 6.08 Å². The van der Waals surface area contributed by atoms with Crippen LogP contribution in [0.15, 0.2) is 47.3 Å². The number of nitriles is 2. The van der Waals surface area contributed by atoms with Crippen LogP contribution in [0.4, 0.5) is 0 Å². The second kappa shape index (κ2) is 6.33. The summed E-state index contributed by atoms with van der Waals surface area (Å²) in [6.45, 7) is 5.69. The van der Waals surface area contributed by atoms with E-state index in [2.05, 4.69) is 12.1 Å². The number of benzene rings is 1. The van der Waals surface area contributed by atoms with Crippen LogP contribution in [-0.2, 0) is 4.79 Å². The highest BCUT2D eigenvalue weighted by Crippen LogP contribution is 2.60. The Morgan fingerprint density at radius 1 is 1.18 bits per heavy atom. The Kier molecular flexibility index (Phi) is 4.17. The van der Waals surface area contributed by atoms with Crippen LogP contribution in [0, 0.1) is 33.5 Å². The molecule has 0 spiro atoms. The van der Waals surface area contributed by atoms with Gasteiger partial charge in [0.2, 0.25) is 0 Å². The van der Waals surface area contributed by atoms with E-state index in [9.17, 15) is 15.3 Å². The number of Topliss-reactive ketones (excluding diaryl/α,β-unsaturated/α-hetero) is 1. The number of hydrogen-bond donors (Lipinski definition) is 0. The standard InChI is InChI=1S/C23H21N3OS/c1-22(2,3)21(27)19-18(16-9-11-28-12-16)23(13-24,14-25)20-17-7-5-4-6-15(17)8-10-26(19)20/h4-12,18-20H,1-3H3/t18-,19+,20+/m1/s1. The molecule has 0 saturated carbocycles. The maximum Gasteiger partial charge on any atom is 0.177 e. The summed E-state index contributed by atoms with van der Waals surface area (Å²) in [4.78, 5) is 15.5. The maximum absolute atomic E-state index is 13.6. The highest BCUT2D eigenvalue weighted by atomic mass is 32.1. The second-order valence-corrected chi connectivity index (χ2v) is 9.26.